The number of rotatable bonds is 6. The molecule has 0 bridgehead atoms. The fourth-order valence-corrected chi connectivity index (χ4v) is 2.16. The molecule has 0 aliphatic carbocycles. The molecule has 0 spiro atoms. The molecule has 0 fully saturated rings. The minimum atomic E-state index is -0.463. The number of aliphatic hydroxyl groups is 1. The Morgan fingerprint density at radius 3 is 3.11 bits per heavy atom. The van der Waals surface area contributed by atoms with Crippen molar-refractivity contribution in [2.75, 3.05) is 26.9 Å². The second-order valence-corrected chi connectivity index (χ2v) is 4.70. The van der Waals surface area contributed by atoms with Crippen molar-refractivity contribution >= 4 is 0 Å². The SMILES string of the molecule is COCC(O)CNC(C)c1ccc2c(c1)CCO2. The summed E-state index contributed by atoms with van der Waals surface area (Å²) in [6.07, 6.45) is 0.526. The second kappa shape index (κ2) is 6.18. The first kappa shape index (κ1) is 13.3. The van der Waals surface area contributed by atoms with Crippen LogP contribution in [0.5, 0.6) is 5.75 Å². The van der Waals surface area contributed by atoms with E-state index in [1.54, 1.807) is 7.11 Å². The van der Waals surface area contributed by atoms with Gasteiger partial charge in [0.15, 0.2) is 0 Å². The molecule has 2 N–H and O–H groups in total. The molecule has 100 valence electrons. The predicted molar refractivity (Wildman–Crippen MR) is 69.9 cm³/mol. The summed E-state index contributed by atoms with van der Waals surface area (Å²) in [5, 5.41) is 12.9. The van der Waals surface area contributed by atoms with E-state index in [0.29, 0.717) is 13.2 Å². The minimum absolute atomic E-state index is 0.211. The number of hydrogen-bond acceptors (Lipinski definition) is 4. The van der Waals surface area contributed by atoms with Crippen LogP contribution in [0.3, 0.4) is 0 Å². The number of benzene rings is 1. The summed E-state index contributed by atoms with van der Waals surface area (Å²) >= 11 is 0. The Morgan fingerprint density at radius 2 is 2.33 bits per heavy atom. The molecular formula is C14H21NO3. The molecule has 1 aliphatic rings. The maximum atomic E-state index is 9.59. The second-order valence-electron chi connectivity index (χ2n) is 4.70. The summed E-state index contributed by atoms with van der Waals surface area (Å²) in [5.74, 6) is 1.00. The molecule has 2 rings (SSSR count). The van der Waals surface area contributed by atoms with Gasteiger partial charge in [-0.3, -0.25) is 0 Å². The van der Waals surface area contributed by atoms with Gasteiger partial charge in [0.05, 0.1) is 19.3 Å². The van der Waals surface area contributed by atoms with E-state index >= 15 is 0 Å². The number of fused-ring (bicyclic) bond motifs is 1. The molecule has 0 saturated heterocycles. The Hall–Kier alpha value is -1.10. The van der Waals surface area contributed by atoms with Gasteiger partial charge in [0.25, 0.3) is 0 Å². The third-order valence-electron chi connectivity index (χ3n) is 3.23. The molecule has 0 radical (unpaired) electrons. The molecule has 4 heteroatoms. The lowest BCUT2D eigenvalue weighted by molar-refractivity contribution is 0.0630. The molecule has 1 heterocycles. The zero-order valence-corrected chi connectivity index (χ0v) is 11.0. The summed E-state index contributed by atoms with van der Waals surface area (Å²) in [4.78, 5) is 0. The average Bonchev–Trinajstić information content (AvgIpc) is 2.83. The smallest absolute Gasteiger partial charge is 0.122 e. The lowest BCUT2D eigenvalue weighted by atomic mass is 10.0. The number of hydrogen-bond donors (Lipinski definition) is 2. The zero-order chi connectivity index (χ0) is 13.0. The number of aliphatic hydroxyl groups excluding tert-OH is 1. The Kier molecular flexibility index (Phi) is 4.58. The van der Waals surface area contributed by atoms with Crippen LogP contribution in [0.1, 0.15) is 24.1 Å². The molecule has 1 aliphatic heterocycles. The topological polar surface area (TPSA) is 50.7 Å². The van der Waals surface area contributed by atoms with Gasteiger partial charge in [-0.15, -0.1) is 0 Å². The van der Waals surface area contributed by atoms with E-state index < -0.39 is 6.10 Å². The molecule has 0 aromatic heterocycles. The first-order valence-electron chi connectivity index (χ1n) is 6.36. The highest BCUT2D eigenvalue weighted by Crippen LogP contribution is 2.27. The van der Waals surface area contributed by atoms with Crippen molar-refractivity contribution in [2.24, 2.45) is 0 Å². The van der Waals surface area contributed by atoms with Gasteiger partial charge >= 0.3 is 0 Å². The van der Waals surface area contributed by atoms with Gasteiger partial charge in [0.1, 0.15) is 5.75 Å². The van der Waals surface area contributed by atoms with Crippen LogP contribution in [0.15, 0.2) is 18.2 Å². The molecule has 0 amide bonds. The fraction of sp³-hybridized carbons (Fsp3) is 0.571. The van der Waals surface area contributed by atoms with E-state index in [1.165, 1.54) is 11.1 Å². The fourth-order valence-electron chi connectivity index (χ4n) is 2.16. The zero-order valence-electron chi connectivity index (χ0n) is 11.0. The van der Waals surface area contributed by atoms with Gasteiger partial charge in [-0.25, -0.2) is 0 Å². The highest BCUT2D eigenvalue weighted by molar-refractivity contribution is 5.40. The van der Waals surface area contributed by atoms with Crippen molar-refractivity contribution in [3.8, 4) is 5.75 Å². The van der Waals surface area contributed by atoms with Crippen LogP contribution in [0.4, 0.5) is 0 Å². The highest BCUT2D eigenvalue weighted by Gasteiger charge is 2.15. The largest absolute Gasteiger partial charge is 0.493 e. The monoisotopic (exact) mass is 251 g/mol. The molecular weight excluding hydrogens is 230 g/mol. The third-order valence-corrected chi connectivity index (χ3v) is 3.23. The van der Waals surface area contributed by atoms with E-state index in [2.05, 4.69) is 24.4 Å². The number of nitrogens with one attached hydrogen (secondary N) is 1. The van der Waals surface area contributed by atoms with Crippen LogP contribution in [-0.2, 0) is 11.2 Å². The summed E-state index contributed by atoms with van der Waals surface area (Å²) in [5.41, 5.74) is 2.50. The van der Waals surface area contributed by atoms with Crippen molar-refractivity contribution in [3.05, 3.63) is 29.3 Å². The summed E-state index contributed by atoms with van der Waals surface area (Å²) < 4.78 is 10.4. The van der Waals surface area contributed by atoms with Gasteiger partial charge in [-0.1, -0.05) is 12.1 Å². The van der Waals surface area contributed by atoms with Crippen LogP contribution < -0.4 is 10.1 Å². The lowest BCUT2D eigenvalue weighted by Gasteiger charge is -2.17. The molecule has 0 saturated carbocycles. The Morgan fingerprint density at radius 1 is 1.50 bits per heavy atom. The Labute approximate surface area is 108 Å². The van der Waals surface area contributed by atoms with E-state index in [-0.39, 0.29) is 6.04 Å². The van der Waals surface area contributed by atoms with Crippen LogP contribution in [0, 0.1) is 0 Å². The van der Waals surface area contributed by atoms with Crippen molar-refractivity contribution in [1.29, 1.82) is 0 Å². The first-order valence-corrected chi connectivity index (χ1v) is 6.36. The third kappa shape index (κ3) is 3.22. The molecule has 18 heavy (non-hydrogen) atoms. The van der Waals surface area contributed by atoms with E-state index in [9.17, 15) is 5.11 Å². The summed E-state index contributed by atoms with van der Waals surface area (Å²) in [7, 11) is 1.59. The van der Waals surface area contributed by atoms with E-state index in [0.717, 1.165) is 18.8 Å². The first-order chi connectivity index (χ1) is 8.70. The average molecular weight is 251 g/mol. The highest BCUT2D eigenvalue weighted by atomic mass is 16.5. The maximum Gasteiger partial charge on any atom is 0.122 e. The normalized spacial score (nSPS) is 17.1. The van der Waals surface area contributed by atoms with Crippen LogP contribution >= 0.6 is 0 Å². The molecule has 1 aromatic rings. The predicted octanol–water partition coefficient (Wildman–Crippen LogP) is 1.28. The van der Waals surface area contributed by atoms with Gasteiger partial charge < -0.3 is 19.9 Å². The lowest BCUT2D eigenvalue weighted by Crippen LogP contribution is -2.31. The van der Waals surface area contributed by atoms with Crippen LogP contribution in [0.2, 0.25) is 0 Å². The summed E-state index contributed by atoms with van der Waals surface area (Å²) in [6, 6.07) is 6.50. The quantitative estimate of drug-likeness (QED) is 0.799. The standard InChI is InChI=1S/C14H21NO3/c1-10(15-8-13(16)9-17-2)11-3-4-14-12(7-11)5-6-18-14/h3-4,7,10,13,15-16H,5-6,8-9H2,1-2H3. The van der Waals surface area contributed by atoms with Gasteiger partial charge in [0, 0.05) is 26.1 Å². The molecule has 4 nitrogen and oxygen atoms in total. The van der Waals surface area contributed by atoms with E-state index in [4.69, 9.17) is 9.47 Å². The van der Waals surface area contributed by atoms with Crippen molar-refractivity contribution in [1.82, 2.24) is 5.32 Å². The van der Waals surface area contributed by atoms with Crippen molar-refractivity contribution in [3.63, 3.8) is 0 Å². The van der Waals surface area contributed by atoms with Gasteiger partial charge in [0.2, 0.25) is 0 Å². The van der Waals surface area contributed by atoms with Gasteiger partial charge in [-0.2, -0.15) is 0 Å². The van der Waals surface area contributed by atoms with Crippen molar-refractivity contribution < 1.29 is 14.6 Å². The Bertz CT molecular complexity index is 395. The Balaban J connectivity index is 1.90. The maximum absolute atomic E-state index is 9.59. The van der Waals surface area contributed by atoms with Gasteiger partial charge in [-0.05, 0) is 24.1 Å². The minimum Gasteiger partial charge on any atom is -0.493 e. The van der Waals surface area contributed by atoms with E-state index in [1.807, 2.05) is 6.07 Å². The van der Waals surface area contributed by atoms with Crippen LogP contribution in [0.25, 0.3) is 0 Å². The number of methoxy groups -OCH3 is 1. The molecule has 2 atom stereocenters. The van der Waals surface area contributed by atoms with Crippen molar-refractivity contribution in [2.45, 2.75) is 25.5 Å². The summed E-state index contributed by atoms with van der Waals surface area (Å²) in [6.45, 7) is 3.77. The number of ether oxygens (including phenoxy) is 2. The molecule has 2 unspecified atom stereocenters. The molecule has 1 aromatic carbocycles. The van der Waals surface area contributed by atoms with Crippen LogP contribution in [-0.4, -0.2) is 38.1 Å².